The van der Waals surface area contributed by atoms with Gasteiger partial charge in [0.25, 0.3) is 5.91 Å². The molecule has 0 saturated carbocycles. The Bertz CT molecular complexity index is 738. The maximum absolute atomic E-state index is 12.8. The zero-order chi connectivity index (χ0) is 18.8. The summed E-state index contributed by atoms with van der Waals surface area (Å²) < 4.78 is 0. The van der Waals surface area contributed by atoms with E-state index < -0.39 is 6.04 Å². The highest BCUT2D eigenvalue weighted by Gasteiger charge is 2.46. The normalized spacial score (nSPS) is 26.0. The molecular weight excluding hydrogens is 336 g/mol. The number of rotatable bonds is 4. The van der Waals surface area contributed by atoms with Crippen LogP contribution in [-0.2, 0) is 19.2 Å². The van der Waals surface area contributed by atoms with Crippen LogP contribution in [0.4, 0.5) is 11.4 Å². The van der Waals surface area contributed by atoms with E-state index in [2.05, 4.69) is 5.32 Å². The Balaban J connectivity index is 1.69. The fourth-order valence-electron chi connectivity index (χ4n) is 3.74. The third kappa shape index (κ3) is 3.60. The molecule has 8 heteroatoms. The number of nitrogens with zero attached hydrogens (tertiary/aromatic N) is 1. The minimum Gasteiger partial charge on any atom is -0.369 e. The number of hydrogen-bond acceptors (Lipinski definition) is 4. The molecule has 0 radical (unpaired) electrons. The molecule has 1 atom stereocenters. The molecule has 0 aliphatic carbocycles. The van der Waals surface area contributed by atoms with Crippen LogP contribution in [-0.4, -0.2) is 42.8 Å². The number of quaternary nitrogens is 1. The van der Waals surface area contributed by atoms with Gasteiger partial charge < -0.3 is 16.0 Å². The lowest BCUT2D eigenvalue weighted by Crippen LogP contribution is -3.17. The van der Waals surface area contributed by atoms with Crippen molar-refractivity contribution < 1.29 is 24.1 Å². The summed E-state index contributed by atoms with van der Waals surface area (Å²) in [7, 11) is 0. The Labute approximate surface area is 151 Å². The summed E-state index contributed by atoms with van der Waals surface area (Å²) >= 11 is 0. The van der Waals surface area contributed by atoms with Crippen molar-refractivity contribution in [1.29, 1.82) is 0 Å². The van der Waals surface area contributed by atoms with Crippen LogP contribution >= 0.6 is 0 Å². The fourth-order valence-corrected chi connectivity index (χ4v) is 3.74. The average Bonchev–Trinajstić information content (AvgIpc) is 2.90. The highest BCUT2D eigenvalue weighted by Crippen LogP contribution is 2.24. The van der Waals surface area contributed by atoms with Crippen molar-refractivity contribution in [2.75, 3.05) is 23.3 Å². The van der Waals surface area contributed by atoms with Gasteiger partial charge in [0.15, 0.2) is 6.04 Å². The van der Waals surface area contributed by atoms with Crippen LogP contribution in [0.5, 0.6) is 0 Å². The minimum absolute atomic E-state index is 0.136. The van der Waals surface area contributed by atoms with Gasteiger partial charge in [0.1, 0.15) is 0 Å². The fraction of sp³-hybridized carbons (Fsp3) is 0.444. The van der Waals surface area contributed by atoms with Gasteiger partial charge in [-0.2, -0.15) is 0 Å². The third-order valence-electron chi connectivity index (χ3n) is 5.12. The molecule has 2 aliphatic rings. The van der Waals surface area contributed by atoms with E-state index in [0.717, 1.165) is 4.90 Å². The third-order valence-corrected chi connectivity index (χ3v) is 5.12. The van der Waals surface area contributed by atoms with Crippen LogP contribution in [0.3, 0.4) is 0 Å². The predicted molar refractivity (Wildman–Crippen MR) is 94.3 cm³/mol. The Morgan fingerprint density at radius 3 is 2.31 bits per heavy atom. The van der Waals surface area contributed by atoms with E-state index >= 15 is 0 Å². The number of carbonyl (C=O) groups excluding carboxylic acids is 4. The van der Waals surface area contributed by atoms with E-state index in [-0.39, 0.29) is 36.0 Å². The van der Waals surface area contributed by atoms with Crippen molar-refractivity contribution in [2.24, 2.45) is 11.7 Å². The number of nitrogens with one attached hydrogen (secondary N) is 2. The number of nitrogens with two attached hydrogens (primary N) is 1. The van der Waals surface area contributed by atoms with Crippen molar-refractivity contribution in [3.63, 3.8) is 0 Å². The zero-order valence-electron chi connectivity index (χ0n) is 14.7. The lowest BCUT2D eigenvalue weighted by molar-refractivity contribution is -0.920. The Morgan fingerprint density at radius 1 is 1.15 bits per heavy atom. The second-order valence-corrected chi connectivity index (χ2v) is 6.89. The van der Waals surface area contributed by atoms with Crippen molar-refractivity contribution in [2.45, 2.75) is 32.2 Å². The summed E-state index contributed by atoms with van der Waals surface area (Å²) in [5.74, 6) is -1.05. The molecule has 2 aliphatic heterocycles. The highest BCUT2D eigenvalue weighted by molar-refractivity contribution is 6.21. The molecule has 4 amide bonds. The van der Waals surface area contributed by atoms with Crippen LogP contribution in [0.25, 0.3) is 0 Å². The second-order valence-electron chi connectivity index (χ2n) is 6.89. The molecule has 2 fully saturated rings. The van der Waals surface area contributed by atoms with Crippen LogP contribution < -0.4 is 20.9 Å². The number of likely N-dealkylation sites (tertiary alicyclic amines) is 1. The average molecular weight is 359 g/mol. The first kappa shape index (κ1) is 18.1. The first-order valence-electron chi connectivity index (χ1n) is 8.75. The molecule has 1 aromatic carbocycles. The van der Waals surface area contributed by atoms with Crippen molar-refractivity contribution in [1.82, 2.24) is 0 Å². The first-order valence-corrected chi connectivity index (χ1v) is 8.75. The number of hydrogen-bond donors (Lipinski definition) is 3. The predicted octanol–water partition coefficient (Wildman–Crippen LogP) is -0.943. The summed E-state index contributed by atoms with van der Waals surface area (Å²) in [5.41, 5.74) is 6.46. The molecule has 3 rings (SSSR count). The van der Waals surface area contributed by atoms with Crippen LogP contribution in [0.2, 0.25) is 0 Å². The number of imide groups is 1. The monoisotopic (exact) mass is 359 g/mol. The summed E-state index contributed by atoms with van der Waals surface area (Å²) in [6, 6.07) is 6.22. The maximum atomic E-state index is 12.8. The van der Waals surface area contributed by atoms with Gasteiger partial charge in [-0.05, 0) is 24.3 Å². The number of anilines is 2. The summed E-state index contributed by atoms with van der Waals surface area (Å²) in [4.78, 5) is 49.9. The summed E-state index contributed by atoms with van der Waals surface area (Å²) in [6.45, 7) is 2.73. The van der Waals surface area contributed by atoms with Crippen LogP contribution in [0.1, 0.15) is 26.2 Å². The highest BCUT2D eigenvalue weighted by atomic mass is 16.2. The van der Waals surface area contributed by atoms with Crippen LogP contribution in [0.15, 0.2) is 24.3 Å². The van der Waals surface area contributed by atoms with Gasteiger partial charge in [-0.25, -0.2) is 4.90 Å². The van der Waals surface area contributed by atoms with E-state index in [0.29, 0.717) is 37.3 Å². The van der Waals surface area contributed by atoms with Gasteiger partial charge >= 0.3 is 0 Å². The van der Waals surface area contributed by atoms with E-state index in [9.17, 15) is 19.2 Å². The van der Waals surface area contributed by atoms with Crippen molar-refractivity contribution >= 4 is 35.0 Å². The molecule has 0 aromatic heterocycles. The number of benzene rings is 1. The maximum Gasteiger partial charge on any atom is 0.292 e. The van der Waals surface area contributed by atoms with E-state index in [1.165, 1.54) is 11.8 Å². The Morgan fingerprint density at radius 2 is 1.77 bits per heavy atom. The van der Waals surface area contributed by atoms with Gasteiger partial charge in [-0.3, -0.25) is 19.2 Å². The number of amides is 4. The number of piperidine rings is 1. The molecule has 0 unspecified atom stereocenters. The molecule has 1 aromatic rings. The van der Waals surface area contributed by atoms with E-state index in [4.69, 9.17) is 5.73 Å². The molecule has 4 N–H and O–H groups in total. The SMILES string of the molecule is CC(=O)Nc1ccc(N2C(=O)C[C@H]([NH+]3CCC(C(N)=O)CC3)C2=O)cc1. The smallest absolute Gasteiger partial charge is 0.292 e. The molecule has 138 valence electrons. The lowest BCUT2D eigenvalue weighted by atomic mass is 9.95. The minimum atomic E-state index is -0.411. The van der Waals surface area contributed by atoms with Crippen molar-refractivity contribution in [3.05, 3.63) is 24.3 Å². The molecule has 8 nitrogen and oxygen atoms in total. The number of primary amides is 1. The van der Waals surface area contributed by atoms with Gasteiger partial charge in [0, 0.05) is 31.4 Å². The van der Waals surface area contributed by atoms with E-state index in [1.54, 1.807) is 24.3 Å². The number of carbonyl (C=O) groups is 4. The first-order chi connectivity index (χ1) is 12.4. The van der Waals surface area contributed by atoms with Gasteiger partial charge in [0.05, 0.1) is 25.2 Å². The second kappa shape index (κ2) is 7.25. The van der Waals surface area contributed by atoms with Gasteiger partial charge in [0.2, 0.25) is 17.7 Å². The molecular formula is C18H23N4O4+. The largest absolute Gasteiger partial charge is 0.369 e. The molecule has 26 heavy (non-hydrogen) atoms. The molecule has 0 bridgehead atoms. The molecule has 2 heterocycles. The Hall–Kier alpha value is -2.74. The van der Waals surface area contributed by atoms with E-state index in [1.807, 2.05) is 0 Å². The standard InChI is InChI=1S/C18H22N4O4/c1-11(23)20-13-2-4-14(5-3-13)22-16(24)10-15(18(22)26)21-8-6-12(7-9-21)17(19)25/h2-5,12,15H,6-10H2,1H3,(H2,19,25)(H,20,23)/p+1/t15-/m0/s1. The van der Waals surface area contributed by atoms with Crippen molar-refractivity contribution in [3.8, 4) is 0 Å². The van der Waals surface area contributed by atoms with Gasteiger partial charge in [-0.15, -0.1) is 0 Å². The summed E-state index contributed by atoms with van der Waals surface area (Å²) in [6.07, 6.45) is 1.46. The molecule has 0 spiro atoms. The zero-order valence-corrected chi connectivity index (χ0v) is 14.7. The summed E-state index contributed by atoms with van der Waals surface area (Å²) in [5, 5.41) is 2.65. The van der Waals surface area contributed by atoms with Gasteiger partial charge in [-0.1, -0.05) is 0 Å². The van der Waals surface area contributed by atoms with Crippen LogP contribution in [0, 0.1) is 5.92 Å². The quantitative estimate of drug-likeness (QED) is 0.602. The Kier molecular flexibility index (Phi) is 5.03. The topological polar surface area (TPSA) is 114 Å². The lowest BCUT2D eigenvalue weighted by Gasteiger charge is -2.30. The molecule has 2 saturated heterocycles.